The van der Waals surface area contributed by atoms with Crippen LogP contribution in [0.2, 0.25) is 0 Å². The van der Waals surface area contributed by atoms with Crippen LogP contribution in [0.25, 0.3) is 0 Å². The molecule has 0 aliphatic carbocycles. The Morgan fingerprint density at radius 3 is 2.17 bits per heavy atom. The molecule has 0 saturated heterocycles. The van der Waals surface area contributed by atoms with Gasteiger partial charge in [-0.1, -0.05) is 6.07 Å². The average molecular weight is 316 g/mol. The van der Waals surface area contributed by atoms with Crippen molar-refractivity contribution in [2.45, 2.75) is 6.92 Å². The predicted octanol–water partition coefficient (Wildman–Crippen LogP) is 2.31. The van der Waals surface area contributed by atoms with Crippen LogP contribution < -0.4 is 0 Å². The third kappa shape index (κ3) is 7.05. The highest BCUT2D eigenvalue weighted by Gasteiger charge is 2.18. The molecule has 18 heavy (non-hydrogen) atoms. The minimum absolute atomic E-state index is 0.282. The third-order valence-corrected chi connectivity index (χ3v) is 1.58. The Morgan fingerprint density at radius 1 is 1.39 bits per heavy atom. The number of carboxylic acids is 1. The Labute approximate surface area is 111 Å². The highest BCUT2D eigenvalue weighted by Crippen LogP contribution is 2.19. The van der Waals surface area contributed by atoms with Gasteiger partial charge in [-0.05, 0) is 18.6 Å². The summed E-state index contributed by atoms with van der Waals surface area (Å²) in [5.41, 5.74) is 0.0137. The van der Waals surface area contributed by atoms with Crippen LogP contribution in [0.1, 0.15) is 15.9 Å². The maximum absolute atomic E-state index is 10.5. The van der Waals surface area contributed by atoms with Gasteiger partial charge in [0.25, 0.3) is 5.69 Å². The van der Waals surface area contributed by atoms with Crippen molar-refractivity contribution >= 4 is 41.3 Å². The second kappa shape index (κ2) is 6.53. The highest BCUT2D eigenvalue weighted by atomic mass is 36.0. The fourth-order valence-corrected chi connectivity index (χ4v) is 0.974. The lowest BCUT2D eigenvalue weighted by atomic mass is 10.1. The summed E-state index contributed by atoms with van der Waals surface area (Å²) in [6, 6.07) is 4.00. The molecular weight excluding hydrogens is 309 g/mol. The Morgan fingerprint density at radius 2 is 1.83 bits per heavy atom. The molecule has 0 aliphatic rings. The largest absolute Gasteiger partial charge is 0.477 e. The number of rotatable bonds is 2. The van der Waals surface area contributed by atoms with E-state index in [2.05, 4.69) is 21.4 Å². The van der Waals surface area contributed by atoms with Crippen LogP contribution in [0.4, 0.5) is 5.69 Å². The first-order chi connectivity index (χ1) is 8.02. The van der Waals surface area contributed by atoms with E-state index in [-0.39, 0.29) is 11.3 Å². The van der Waals surface area contributed by atoms with Crippen LogP contribution in [-0.2, 0) is 8.26 Å². The first kappa shape index (κ1) is 16.6. The normalized spacial score (nSPS) is 10.2. The standard InChI is InChI=1S/C8H7NO4.Cl2O2S/c1-5-2-3-6(8(10)11)7(4-5)9(12)13;1-5(2,3)4/h2-4H,1H3,(H,10,11);. The van der Waals surface area contributed by atoms with E-state index in [1.807, 2.05) is 0 Å². The Hall–Kier alpha value is -1.38. The quantitative estimate of drug-likeness (QED) is 0.508. The average Bonchev–Trinajstić information content (AvgIpc) is 2.14. The van der Waals surface area contributed by atoms with E-state index in [0.717, 1.165) is 0 Å². The third-order valence-electron chi connectivity index (χ3n) is 1.58. The van der Waals surface area contributed by atoms with E-state index in [9.17, 15) is 14.9 Å². The zero-order valence-electron chi connectivity index (χ0n) is 8.83. The lowest BCUT2D eigenvalue weighted by Gasteiger charge is -1.98. The Kier molecular flexibility index (Phi) is 6.02. The summed E-state index contributed by atoms with van der Waals surface area (Å²) in [6.45, 7) is 1.67. The number of hydrogen-bond acceptors (Lipinski definition) is 5. The molecule has 10 heteroatoms. The van der Waals surface area contributed by atoms with Crippen molar-refractivity contribution in [3.63, 3.8) is 0 Å². The molecule has 0 amide bonds. The fourth-order valence-electron chi connectivity index (χ4n) is 0.974. The molecule has 0 aromatic heterocycles. The Balaban J connectivity index is 0.000000494. The van der Waals surface area contributed by atoms with Gasteiger partial charge in [0.05, 0.1) is 4.92 Å². The van der Waals surface area contributed by atoms with E-state index in [1.54, 1.807) is 6.92 Å². The molecule has 1 rings (SSSR count). The molecule has 0 fully saturated rings. The maximum Gasteiger partial charge on any atom is 0.342 e. The summed E-state index contributed by atoms with van der Waals surface area (Å²) in [5.74, 6) is -1.29. The number of halogens is 2. The molecule has 0 spiro atoms. The van der Waals surface area contributed by atoms with Gasteiger partial charge in [-0.15, -0.1) is 0 Å². The second-order valence-corrected chi connectivity index (χ2v) is 6.63. The fraction of sp³-hybridized carbons (Fsp3) is 0.125. The van der Waals surface area contributed by atoms with Gasteiger partial charge in [0.1, 0.15) is 5.56 Å². The summed E-state index contributed by atoms with van der Waals surface area (Å²) >= 11 is 0. The topological polar surface area (TPSA) is 115 Å². The molecule has 0 saturated carbocycles. The lowest BCUT2D eigenvalue weighted by molar-refractivity contribution is -0.385. The van der Waals surface area contributed by atoms with Gasteiger partial charge in [0, 0.05) is 27.4 Å². The predicted molar refractivity (Wildman–Crippen MR) is 65.4 cm³/mol. The van der Waals surface area contributed by atoms with Crippen molar-refractivity contribution in [2.24, 2.45) is 0 Å². The highest BCUT2D eigenvalue weighted by molar-refractivity contribution is 8.31. The summed E-state index contributed by atoms with van der Waals surface area (Å²) < 4.78 is 18.3. The van der Waals surface area contributed by atoms with Gasteiger partial charge in [-0.25, -0.2) is 4.79 Å². The van der Waals surface area contributed by atoms with E-state index >= 15 is 0 Å². The van der Waals surface area contributed by atoms with Crippen molar-refractivity contribution < 1.29 is 23.2 Å². The lowest BCUT2D eigenvalue weighted by Crippen LogP contribution is -2.02. The molecule has 0 heterocycles. The summed E-state index contributed by atoms with van der Waals surface area (Å²) in [5, 5.41) is 19.0. The van der Waals surface area contributed by atoms with Gasteiger partial charge >= 0.3 is 14.2 Å². The minimum Gasteiger partial charge on any atom is -0.477 e. The van der Waals surface area contributed by atoms with Crippen molar-refractivity contribution in [3.8, 4) is 0 Å². The van der Waals surface area contributed by atoms with Crippen LogP contribution in [-0.4, -0.2) is 24.4 Å². The number of carbonyl (C=O) groups is 1. The smallest absolute Gasteiger partial charge is 0.342 e. The molecule has 0 atom stereocenters. The number of hydrogen-bond donors (Lipinski definition) is 1. The van der Waals surface area contributed by atoms with Crippen molar-refractivity contribution in [1.29, 1.82) is 0 Å². The number of nitrogens with zero attached hydrogens (tertiary/aromatic N) is 1. The SMILES string of the molecule is Cc1ccc(C(=O)O)c([N+](=O)[O-])c1.O=S(=O)(Cl)Cl. The zero-order valence-corrected chi connectivity index (χ0v) is 11.2. The van der Waals surface area contributed by atoms with Gasteiger partial charge in [-0.3, -0.25) is 10.1 Å². The number of nitro groups is 1. The zero-order chi connectivity index (χ0) is 14.5. The molecule has 100 valence electrons. The summed E-state index contributed by atoms with van der Waals surface area (Å²) in [4.78, 5) is 20.3. The summed E-state index contributed by atoms with van der Waals surface area (Å²) in [7, 11) is 4.81. The monoisotopic (exact) mass is 315 g/mol. The van der Waals surface area contributed by atoms with E-state index < -0.39 is 19.2 Å². The number of aryl methyl sites for hydroxylation is 1. The molecule has 0 unspecified atom stereocenters. The summed E-state index contributed by atoms with van der Waals surface area (Å²) in [6.07, 6.45) is 0. The van der Waals surface area contributed by atoms with Crippen LogP contribution in [0.3, 0.4) is 0 Å². The van der Waals surface area contributed by atoms with E-state index in [1.165, 1.54) is 18.2 Å². The first-order valence-electron chi connectivity index (χ1n) is 4.15. The van der Waals surface area contributed by atoms with Crippen LogP contribution in [0.5, 0.6) is 0 Å². The van der Waals surface area contributed by atoms with E-state index in [0.29, 0.717) is 5.56 Å². The van der Waals surface area contributed by atoms with Crippen molar-refractivity contribution in [3.05, 3.63) is 39.4 Å². The first-order valence-corrected chi connectivity index (χ1v) is 7.28. The molecule has 0 radical (unpaired) electrons. The molecule has 1 N–H and O–H groups in total. The van der Waals surface area contributed by atoms with Crippen molar-refractivity contribution in [1.82, 2.24) is 0 Å². The number of carboxylic acid groups (broad SMARTS) is 1. The minimum atomic E-state index is -3.72. The molecule has 0 bridgehead atoms. The van der Waals surface area contributed by atoms with Crippen LogP contribution in [0, 0.1) is 17.0 Å². The molecule has 7 nitrogen and oxygen atoms in total. The van der Waals surface area contributed by atoms with Gasteiger partial charge in [0.2, 0.25) is 0 Å². The molecule has 1 aromatic carbocycles. The molecule has 0 aliphatic heterocycles. The number of nitro benzene ring substituents is 1. The van der Waals surface area contributed by atoms with Gasteiger partial charge in [-0.2, -0.15) is 8.42 Å². The van der Waals surface area contributed by atoms with Crippen LogP contribution in [0.15, 0.2) is 18.2 Å². The Bertz CT molecular complexity index is 563. The number of benzene rings is 1. The van der Waals surface area contributed by atoms with E-state index in [4.69, 9.17) is 13.5 Å². The van der Waals surface area contributed by atoms with Crippen molar-refractivity contribution in [2.75, 3.05) is 0 Å². The number of aromatic carboxylic acids is 1. The van der Waals surface area contributed by atoms with Crippen LogP contribution >= 0.6 is 21.4 Å². The maximum atomic E-state index is 10.5. The van der Waals surface area contributed by atoms with Gasteiger partial charge in [0.15, 0.2) is 0 Å². The molecular formula is C8H7Cl2NO6S. The second-order valence-electron chi connectivity index (χ2n) is 2.96. The molecule has 1 aromatic rings. The van der Waals surface area contributed by atoms with Gasteiger partial charge < -0.3 is 5.11 Å².